The van der Waals surface area contributed by atoms with Crippen LogP contribution in [0.3, 0.4) is 0 Å². The molecule has 2 aromatic heterocycles. The van der Waals surface area contributed by atoms with E-state index < -0.39 is 5.97 Å². The van der Waals surface area contributed by atoms with E-state index in [-0.39, 0.29) is 11.8 Å². The number of halogens is 1. The number of carboxylic acid groups (broad SMARTS) is 1. The van der Waals surface area contributed by atoms with E-state index in [4.69, 9.17) is 9.63 Å². The Morgan fingerprint density at radius 1 is 1.43 bits per heavy atom. The zero-order chi connectivity index (χ0) is 14.9. The van der Waals surface area contributed by atoms with Gasteiger partial charge in [-0.2, -0.15) is 4.98 Å². The van der Waals surface area contributed by atoms with Crippen molar-refractivity contribution in [2.75, 3.05) is 0 Å². The van der Waals surface area contributed by atoms with Crippen molar-refractivity contribution in [3.63, 3.8) is 0 Å². The average Bonchev–Trinajstić information content (AvgIpc) is 3.11. The van der Waals surface area contributed by atoms with Crippen molar-refractivity contribution in [1.82, 2.24) is 10.1 Å². The molecule has 21 heavy (non-hydrogen) atoms. The molecule has 2 aromatic rings. The minimum Gasteiger partial charge on any atom is -0.481 e. The van der Waals surface area contributed by atoms with Gasteiger partial charge in [-0.3, -0.25) is 4.79 Å². The van der Waals surface area contributed by atoms with Crippen LogP contribution < -0.4 is 0 Å². The Balaban J connectivity index is 1.78. The third kappa shape index (κ3) is 3.35. The molecule has 5 nitrogen and oxygen atoms in total. The van der Waals surface area contributed by atoms with Crippen LogP contribution in [0.5, 0.6) is 0 Å². The summed E-state index contributed by atoms with van der Waals surface area (Å²) in [6, 6.07) is 3.88. The zero-order valence-electron chi connectivity index (χ0n) is 11.3. The maximum Gasteiger partial charge on any atom is 0.303 e. The maximum absolute atomic E-state index is 11.1. The normalized spacial score (nSPS) is 17.2. The van der Waals surface area contributed by atoms with Crippen molar-refractivity contribution in [3.8, 4) is 10.7 Å². The molecule has 0 spiro atoms. The molecule has 1 aliphatic rings. The lowest BCUT2D eigenvalue weighted by atomic mass is 9.79. The summed E-state index contributed by atoms with van der Waals surface area (Å²) < 4.78 is 6.35. The summed E-state index contributed by atoms with van der Waals surface area (Å²) in [5, 5.41) is 13.1. The predicted octanol–water partition coefficient (Wildman–Crippen LogP) is 4.14. The lowest BCUT2D eigenvalue weighted by molar-refractivity contribution is -0.139. The van der Waals surface area contributed by atoms with Crippen molar-refractivity contribution in [1.29, 1.82) is 0 Å². The van der Waals surface area contributed by atoms with Crippen LogP contribution in [0.4, 0.5) is 0 Å². The topological polar surface area (TPSA) is 76.2 Å². The van der Waals surface area contributed by atoms with Crippen LogP contribution in [-0.2, 0) is 11.2 Å². The molecule has 112 valence electrons. The van der Waals surface area contributed by atoms with E-state index in [9.17, 15) is 4.79 Å². The Morgan fingerprint density at radius 2 is 2.19 bits per heavy atom. The third-order valence-electron chi connectivity index (χ3n) is 3.98. The first-order chi connectivity index (χ1) is 10.1. The standard InChI is InChI=1S/C14H15BrN2O3S/c15-10-4-3-9(21-10)13-16-11(20-17-13)7-14(8-12(18)19)5-1-2-6-14/h3-4H,1-2,5-8H2,(H,18,19). The predicted molar refractivity (Wildman–Crippen MR) is 82.2 cm³/mol. The van der Waals surface area contributed by atoms with Crippen LogP contribution in [0.25, 0.3) is 10.7 Å². The quantitative estimate of drug-likeness (QED) is 0.855. The summed E-state index contributed by atoms with van der Waals surface area (Å²) >= 11 is 4.95. The summed E-state index contributed by atoms with van der Waals surface area (Å²) in [6.07, 6.45) is 4.72. The Bertz CT molecular complexity index is 646. The maximum atomic E-state index is 11.1. The molecule has 1 N–H and O–H groups in total. The van der Waals surface area contributed by atoms with Crippen molar-refractivity contribution in [2.45, 2.75) is 38.5 Å². The lowest BCUT2D eigenvalue weighted by Gasteiger charge is -2.24. The first kappa shape index (κ1) is 14.7. The first-order valence-corrected chi connectivity index (χ1v) is 8.47. The minimum atomic E-state index is -0.751. The molecular formula is C14H15BrN2O3S. The van der Waals surface area contributed by atoms with Crippen LogP contribution in [0.2, 0.25) is 0 Å². The number of hydrogen-bond donors (Lipinski definition) is 1. The molecule has 0 aromatic carbocycles. The third-order valence-corrected chi connectivity index (χ3v) is 5.60. The first-order valence-electron chi connectivity index (χ1n) is 6.86. The van der Waals surface area contributed by atoms with Crippen molar-refractivity contribution >= 4 is 33.2 Å². The fourth-order valence-corrected chi connectivity index (χ4v) is 4.36. The molecule has 1 fully saturated rings. The fraction of sp³-hybridized carbons (Fsp3) is 0.500. The number of hydrogen-bond acceptors (Lipinski definition) is 5. The van der Waals surface area contributed by atoms with Gasteiger partial charge in [0, 0.05) is 6.42 Å². The van der Waals surface area contributed by atoms with Gasteiger partial charge in [-0.25, -0.2) is 0 Å². The van der Waals surface area contributed by atoms with E-state index in [1.165, 1.54) is 0 Å². The van der Waals surface area contributed by atoms with E-state index in [0.29, 0.717) is 18.1 Å². The number of aliphatic carboxylic acids is 1. The van der Waals surface area contributed by atoms with E-state index in [1.54, 1.807) is 11.3 Å². The molecule has 3 rings (SSSR count). The van der Waals surface area contributed by atoms with Crippen molar-refractivity contribution in [3.05, 3.63) is 21.8 Å². The van der Waals surface area contributed by atoms with Gasteiger partial charge < -0.3 is 9.63 Å². The average molecular weight is 371 g/mol. The molecular weight excluding hydrogens is 356 g/mol. The molecule has 1 aliphatic carbocycles. The number of rotatable bonds is 5. The second-order valence-electron chi connectivity index (χ2n) is 5.57. The Kier molecular flexibility index (Phi) is 4.12. The Hall–Kier alpha value is -1.21. The summed E-state index contributed by atoms with van der Waals surface area (Å²) in [5.74, 6) is 0.362. The molecule has 0 unspecified atom stereocenters. The summed E-state index contributed by atoms with van der Waals surface area (Å²) in [7, 11) is 0. The van der Waals surface area contributed by atoms with Gasteiger partial charge >= 0.3 is 5.97 Å². The highest BCUT2D eigenvalue weighted by atomic mass is 79.9. The number of nitrogens with zero attached hydrogens (tertiary/aromatic N) is 2. The van der Waals surface area contributed by atoms with E-state index in [1.807, 2.05) is 12.1 Å². The second-order valence-corrected chi connectivity index (χ2v) is 8.03. The number of carbonyl (C=O) groups is 1. The van der Waals surface area contributed by atoms with Crippen LogP contribution in [-0.4, -0.2) is 21.2 Å². The Labute approximate surface area is 134 Å². The SMILES string of the molecule is O=C(O)CC1(Cc2nc(-c3ccc(Br)s3)no2)CCCC1. The molecule has 7 heteroatoms. The van der Waals surface area contributed by atoms with Gasteiger partial charge in [0.25, 0.3) is 0 Å². The zero-order valence-corrected chi connectivity index (χ0v) is 13.7. The largest absolute Gasteiger partial charge is 0.481 e. The van der Waals surface area contributed by atoms with Gasteiger partial charge in [0.1, 0.15) is 0 Å². The minimum absolute atomic E-state index is 0.176. The summed E-state index contributed by atoms with van der Waals surface area (Å²) in [5.41, 5.74) is -0.217. The van der Waals surface area contributed by atoms with Crippen LogP contribution in [0.1, 0.15) is 38.0 Å². The molecule has 2 heterocycles. The highest BCUT2D eigenvalue weighted by Crippen LogP contribution is 2.43. The van der Waals surface area contributed by atoms with Crippen LogP contribution >= 0.6 is 27.3 Å². The van der Waals surface area contributed by atoms with Crippen molar-refractivity contribution < 1.29 is 14.4 Å². The van der Waals surface area contributed by atoms with E-state index in [2.05, 4.69) is 26.1 Å². The van der Waals surface area contributed by atoms with Crippen LogP contribution in [0.15, 0.2) is 20.4 Å². The molecule has 1 saturated carbocycles. The second kappa shape index (κ2) is 5.88. The van der Waals surface area contributed by atoms with Gasteiger partial charge in [0.2, 0.25) is 11.7 Å². The number of carboxylic acids is 1. The van der Waals surface area contributed by atoms with E-state index >= 15 is 0 Å². The number of thiophene rings is 1. The lowest BCUT2D eigenvalue weighted by Crippen LogP contribution is -2.23. The molecule has 0 aliphatic heterocycles. The van der Waals surface area contributed by atoms with E-state index in [0.717, 1.165) is 34.3 Å². The number of aromatic nitrogens is 2. The highest BCUT2D eigenvalue weighted by molar-refractivity contribution is 9.11. The van der Waals surface area contributed by atoms with Crippen molar-refractivity contribution in [2.24, 2.45) is 5.41 Å². The van der Waals surface area contributed by atoms with Gasteiger partial charge in [-0.05, 0) is 46.3 Å². The summed E-state index contributed by atoms with van der Waals surface area (Å²) in [6.45, 7) is 0. The van der Waals surface area contributed by atoms with Crippen LogP contribution in [0, 0.1) is 5.41 Å². The smallest absolute Gasteiger partial charge is 0.303 e. The molecule has 0 saturated heterocycles. The van der Waals surface area contributed by atoms with Gasteiger partial charge in [-0.15, -0.1) is 11.3 Å². The highest BCUT2D eigenvalue weighted by Gasteiger charge is 2.38. The molecule has 0 bridgehead atoms. The molecule has 0 radical (unpaired) electrons. The Morgan fingerprint density at radius 3 is 2.81 bits per heavy atom. The molecule has 0 amide bonds. The van der Waals surface area contributed by atoms with Gasteiger partial charge in [0.05, 0.1) is 15.1 Å². The summed E-state index contributed by atoms with van der Waals surface area (Å²) in [4.78, 5) is 16.5. The van der Waals surface area contributed by atoms with Gasteiger partial charge in [0.15, 0.2) is 0 Å². The fourth-order valence-electron chi connectivity index (χ4n) is 3.04. The van der Waals surface area contributed by atoms with Gasteiger partial charge in [-0.1, -0.05) is 18.0 Å². The molecule has 0 atom stereocenters. The monoisotopic (exact) mass is 370 g/mol.